The molecule has 0 aliphatic rings. The second-order valence-corrected chi connectivity index (χ2v) is 0.758. The van der Waals surface area contributed by atoms with Crippen LogP contribution in [0.1, 0.15) is 0 Å². The molecule has 0 unspecified atom stereocenters. The zero-order valence-corrected chi connectivity index (χ0v) is 4.09. The van der Waals surface area contributed by atoms with Crippen molar-refractivity contribution in [1.29, 1.82) is 0 Å². The van der Waals surface area contributed by atoms with Crippen LogP contribution < -0.4 is 18.9 Å². The number of hydrogen-bond donors (Lipinski definition) is 2. The zero-order chi connectivity index (χ0) is 3.58. The molecule has 0 aromatic rings. The summed E-state index contributed by atoms with van der Waals surface area (Å²) in [5.74, 6) is 0. The van der Waals surface area contributed by atoms with Gasteiger partial charge in [0.2, 0.25) is 0 Å². The molecule has 0 amide bonds. The second kappa shape index (κ2) is 9.13. The molecular formula is H3LiO4P+. The van der Waals surface area contributed by atoms with Crippen LogP contribution in [0.3, 0.4) is 0 Å². The Morgan fingerprint density at radius 2 is 1.33 bits per heavy atom. The Kier molecular flexibility index (Phi) is 24.3. The average Bonchev–Trinajstić information content (AvgIpc) is 0.811. The van der Waals surface area contributed by atoms with Gasteiger partial charge in [0.1, 0.15) is 0 Å². The first kappa shape index (κ1) is 16.0. The van der Waals surface area contributed by atoms with Gasteiger partial charge in [0.25, 0.3) is 0 Å². The smallest absolute Gasteiger partial charge is 0.870 e. The summed E-state index contributed by atoms with van der Waals surface area (Å²) in [6.45, 7) is 0. The molecule has 0 fully saturated rings. The molecule has 0 saturated heterocycles. The van der Waals surface area contributed by atoms with E-state index >= 15 is 0 Å². The Hall–Kier alpha value is 0.577. The molecule has 32 valence electrons. The molecular weight excluding hydrogens is 102 g/mol. The van der Waals surface area contributed by atoms with Gasteiger partial charge in [-0.2, -0.15) is 0 Å². The zero-order valence-electron chi connectivity index (χ0n) is 3.20. The van der Waals surface area contributed by atoms with E-state index in [1.807, 2.05) is 0 Å². The molecule has 0 rings (SSSR count). The molecule has 0 aliphatic heterocycles. The summed E-state index contributed by atoms with van der Waals surface area (Å²) in [6.07, 6.45) is 0. The van der Waals surface area contributed by atoms with Crippen molar-refractivity contribution in [3.8, 4) is 0 Å². The van der Waals surface area contributed by atoms with E-state index in [4.69, 9.17) is 14.4 Å². The summed E-state index contributed by atoms with van der Waals surface area (Å²) in [5, 5.41) is 0. The van der Waals surface area contributed by atoms with Gasteiger partial charge < -0.3 is 5.48 Å². The Labute approximate surface area is 47.6 Å². The predicted molar refractivity (Wildman–Crippen MR) is 14.0 cm³/mol. The van der Waals surface area contributed by atoms with Crippen molar-refractivity contribution in [2.24, 2.45) is 0 Å². The third-order valence-electron chi connectivity index (χ3n) is 0. The molecule has 0 heterocycles. The van der Waals surface area contributed by atoms with Gasteiger partial charge in [-0.3, -0.25) is 0 Å². The quantitative estimate of drug-likeness (QED) is 0.246. The summed E-state index contributed by atoms with van der Waals surface area (Å²) >= 11 is 0. The largest absolute Gasteiger partial charge is 1.00 e. The summed E-state index contributed by atoms with van der Waals surface area (Å²) < 4.78 is 8.70. The normalized spacial score (nSPS) is 4.33. The van der Waals surface area contributed by atoms with E-state index in [9.17, 15) is 0 Å². The maximum absolute atomic E-state index is 8.70. The third-order valence-corrected chi connectivity index (χ3v) is 0. The first-order valence-electron chi connectivity index (χ1n) is 0.583. The van der Waals surface area contributed by atoms with E-state index in [1.54, 1.807) is 0 Å². The molecule has 0 radical (unpaired) electrons. The van der Waals surface area contributed by atoms with Gasteiger partial charge in [-0.25, -0.2) is 0 Å². The van der Waals surface area contributed by atoms with Crippen molar-refractivity contribution in [2.45, 2.75) is 0 Å². The standard InChI is InChI=1S/Li.HO3P.H2O/c;1-4(2)3;/h;(H-,1,2,3);1H2/q+1;;. The topological polar surface area (TPSA) is 87.5 Å². The molecule has 0 aliphatic carbocycles. The van der Waals surface area contributed by atoms with Crippen LogP contribution in [0.15, 0.2) is 0 Å². The summed E-state index contributed by atoms with van der Waals surface area (Å²) in [6, 6.07) is 0. The molecule has 0 atom stereocenters. The van der Waals surface area contributed by atoms with Crippen LogP contribution >= 0.6 is 8.25 Å². The first-order chi connectivity index (χ1) is 1.73. The van der Waals surface area contributed by atoms with Crippen LogP contribution in [-0.2, 0) is 4.57 Å². The molecule has 6 heavy (non-hydrogen) atoms. The molecule has 0 saturated carbocycles. The van der Waals surface area contributed by atoms with E-state index in [-0.39, 0.29) is 24.3 Å². The van der Waals surface area contributed by atoms with Gasteiger partial charge >= 0.3 is 27.1 Å². The van der Waals surface area contributed by atoms with Gasteiger partial charge in [0.05, 0.1) is 0 Å². The van der Waals surface area contributed by atoms with E-state index in [0.29, 0.717) is 0 Å². The number of hydrogen-bond acceptors (Lipinski definition) is 2. The molecule has 0 bridgehead atoms. The SMILES string of the molecule is O=[P+](O)O.[Li+].[OH-]. The molecule has 3 N–H and O–H groups in total. The van der Waals surface area contributed by atoms with Crippen molar-refractivity contribution < 1.29 is 38.7 Å². The summed E-state index contributed by atoms with van der Waals surface area (Å²) in [4.78, 5) is 14.2. The predicted octanol–water partition coefficient (Wildman–Crippen LogP) is -3.54. The fraction of sp³-hybridized carbons (Fsp3) is 0. The minimum absolute atomic E-state index is 0. The molecule has 0 aromatic heterocycles. The van der Waals surface area contributed by atoms with E-state index in [2.05, 4.69) is 0 Å². The molecule has 4 nitrogen and oxygen atoms in total. The van der Waals surface area contributed by atoms with E-state index < -0.39 is 8.25 Å². The van der Waals surface area contributed by atoms with Crippen molar-refractivity contribution in [1.82, 2.24) is 0 Å². The van der Waals surface area contributed by atoms with Gasteiger partial charge in [-0.05, 0) is 0 Å². The molecule has 0 aromatic carbocycles. The first-order valence-corrected chi connectivity index (χ1v) is 1.75. The fourth-order valence-electron chi connectivity index (χ4n) is 0. The van der Waals surface area contributed by atoms with Crippen LogP contribution in [0.25, 0.3) is 0 Å². The Morgan fingerprint density at radius 3 is 1.33 bits per heavy atom. The van der Waals surface area contributed by atoms with Crippen molar-refractivity contribution in [3.63, 3.8) is 0 Å². The third kappa shape index (κ3) is 176. The monoisotopic (exact) mass is 105 g/mol. The number of rotatable bonds is 0. The van der Waals surface area contributed by atoms with Gasteiger partial charge in [0.15, 0.2) is 0 Å². The van der Waals surface area contributed by atoms with Crippen molar-refractivity contribution >= 4 is 8.25 Å². The second-order valence-electron chi connectivity index (χ2n) is 0.253. The Bertz CT molecular complexity index is 30.5. The van der Waals surface area contributed by atoms with Crippen LogP contribution in [0.5, 0.6) is 0 Å². The fourth-order valence-corrected chi connectivity index (χ4v) is 0. The summed E-state index contributed by atoms with van der Waals surface area (Å²) in [5.41, 5.74) is 0. The van der Waals surface area contributed by atoms with E-state index in [1.165, 1.54) is 0 Å². The average molecular weight is 105 g/mol. The van der Waals surface area contributed by atoms with Crippen LogP contribution in [0.4, 0.5) is 0 Å². The van der Waals surface area contributed by atoms with Gasteiger partial charge in [-0.15, -0.1) is 9.79 Å². The molecule has 0 spiro atoms. The van der Waals surface area contributed by atoms with Crippen LogP contribution in [0, 0.1) is 0 Å². The van der Waals surface area contributed by atoms with Gasteiger partial charge in [0, 0.05) is 4.57 Å². The minimum Gasteiger partial charge on any atom is -0.870 e. The maximum atomic E-state index is 8.70. The van der Waals surface area contributed by atoms with Gasteiger partial charge in [-0.1, -0.05) is 0 Å². The Morgan fingerprint density at radius 1 is 1.33 bits per heavy atom. The Balaban J connectivity index is -0.0000000450. The van der Waals surface area contributed by atoms with Crippen LogP contribution in [0.2, 0.25) is 0 Å². The maximum Gasteiger partial charge on any atom is 1.00 e. The molecule has 6 heteroatoms. The van der Waals surface area contributed by atoms with E-state index in [0.717, 1.165) is 0 Å². The summed E-state index contributed by atoms with van der Waals surface area (Å²) in [7, 11) is -2.87. The van der Waals surface area contributed by atoms with Crippen molar-refractivity contribution in [3.05, 3.63) is 0 Å². The van der Waals surface area contributed by atoms with Crippen LogP contribution in [-0.4, -0.2) is 15.3 Å². The minimum atomic E-state index is -2.87. The van der Waals surface area contributed by atoms with Crippen molar-refractivity contribution in [2.75, 3.05) is 0 Å².